The van der Waals surface area contributed by atoms with E-state index in [1.165, 1.54) is 20.3 Å². The molecule has 186 valence electrons. The van der Waals surface area contributed by atoms with Crippen LogP contribution >= 0.6 is 11.6 Å². The van der Waals surface area contributed by atoms with Gasteiger partial charge in [0.05, 0.1) is 14.2 Å². The third-order valence-corrected chi connectivity index (χ3v) is 7.72. The first-order valence-electron chi connectivity index (χ1n) is 11.5. The summed E-state index contributed by atoms with van der Waals surface area (Å²) in [4.78, 5) is 41.0. The molecule has 0 aromatic heterocycles. The molecule has 36 heavy (non-hydrogen) atoms. The molecule has 1 aliphatic carbocycles. The molecule has 6 rings (SSSR count). The van der Waals surface area contributed by atoms with Crippen molar-refractivity contribution in [1.29, 1.82) is 0 Å². The number of hydrogen-bond acceptors (Lipinski definition) is 8. The van der Waals surface area contributed by atoms with E-state index in [0.29, 0.717) is 28.3 Å². The highest BCUT2D eigenvalue weighted by atomic mass is 35.5. The van der Waals surface area contributed by atoms with Crippen molar-refractivity contribution in [2.45, 2.75) is 31.3 Å². The number of Topliss-reactive ketones (excluding diaryl/α,β-unsaturated/α-hetero) is 2. The Morgan fingerprint density at radius 2 is 1.75 bits per heavy atom. The van der Waals surface area contributed by atoms with Crippen LogP contribution in [0.5, 0.6) is 28.7 Å². The topological polar surface area (TPSA) is 109 Å². The molecule has 3 heterocycles. The van der Waals surface area contributed by atoms with E-state index in [0.717, 1.165) is 0 Å². The Hall–Kier alpha value is -3.72. The van der Waals surface area contributed by atoms with Crippen LogP contribution in [0.15, 0.2) is 35.5 Å². The van der Waals surface area contributed by atoms with Gasteiger partial charge >= 0.3 is 0 Å². The number of halogens is 1. The van der Waals surface area contributed by atoms with Crippen LogP contribution in [0.3, 0.4) is 0 Å². The largest absolute Gasteiger partial charge is 0.496 e. The maximum Gasteiger partial charge on any atom is 0.236 e. The zero-order chi connectivity index (χ0) is 25.4. The minimum Gasteiger partial charge on any atom is -0.496 e. The SMILES string of the molecule is COc1cc(OC)c2c(c1Cl)OC1(C(=O)C3=C(CC1C)NC(=O)CC3c1ccc3c(c1)OCO3)C2=O. The predicted molar refractivity (Wildman–Crippen MR) is 126 cm³/mol. The Kier molecular flexibility index (Phi) is 4.98. The highest BCUT2D eigenvalue weighted by molar-refractivity contribution is 6.36. The normalized spacial score (nSPS) is 25.9. The number of carbonyl (C=O) groups is 3. The van der Waals surface area contributed by atoms with Crippen molar-refractivity contribution in [2.24, 2.45) is 5.92 Å². The van der Waals surface area contributed by atoms with Crippen molar-refractivity contribution in [2.75, 3.05) is 21.0 Å². The first-order chi connectivity index (χ1) is 17.3. The third kappa shape index (κ3) is 2.92. The molecule has 0 radical (unpaired) electrons. The summed E-state index contributed by atoms with van der Waals surface area (Å²) >= 11 is 6.52. The fourth-order valence-electron chi connectivity index (χ4n) is 5.60. The third-order valence-electron chi connectivity index (χ3n) is 7.36. The van der Waals surface area contributed by atoms with Gasteiger partial charge in [0.2, 0.25) is 29.9 Å². The number of fused-ring (bicyclic) bond motifs is 2. The second-order valence-electron chi connectivity index (χ2n) is 9.21. The molecule has 9 nitrogen and oxygen atoms in total. The number of allylic oxidation sites excluding steroid dienone is 1. The summed E-state index contributed by atoms with van der Waals surface area (Å²) in [6, 6.07) is 6.82. The summed E-state index contributed by atoms with van der Waals surface area (Å²) in [6.07, 6.45) is 0.290. The van der Waals surface area contributed by atoms with Gasteiger partial charge in [-0.3, -0.25) is 14.4 Å². The van der Waals surface area contributed by atoms with Gasteiger partial charge in [0.25, 0.3) is 0 Å². The van der Waals surface area contributed by atoms with Gasteiger partial charge in [-0.1, -0.05) is 24.6 Å². The lowest BCUT2D eigenvalue weighted by Crippen LogP contribution is -2.59. The minimum absolute atomic E-state index is 0.0354. The van der Waals surface area contributed by atoms with Crippen molar-refractivity contribution in [3.05, 3.63) is 51.7 Å². The van der Waals surface area contributed by atoms with Gasteiger partial charge in [-0.25, -0.2) is 0 Å². The monoisotopic (exact) mass is 511 g/mol. The number of nitrogens with one attached hydrogen (secondary N) is 1. The molecule has 10 heteroatoms. The molecule has 3 atom stereocenters. The molecule has 4 aliphatic rings. The van der Waals surface area contributed by atoms with Gasteiger partial charge in [0, 0.05) is 35.6 Å². The number of rotatable bonds is 3. The van der Waals surface area contributed by atoms with Gasteiger partial charge in [0.1, 0.15) is 22.1 Å². The smallest absolute Gasteiger partial charge is 0.236 e. The first-order valence-corrected chi connectivity index (χ1v) is 11.8. The molecule has 1 amide bonds. The van der Waals surface area contributed by atoms with E-state index in [4.69, 9.17) is 35.3 Å². The van der Waals surface area contributed by atoms with E-state index >= 15 is 0 Å². The molecule has 2 aromatic rings. The van der Waals surface area contributed by atoms with Gasteiger partial charge in [-0.15, -0.1) is 0 Å². The lowest BCUT2D eigenvalue weighted by atomic mass is 9.66. The Morgan fingerprint density at radius 1 is 1.00 bits per heavy atom. The van der Waals surface area contributed by atoms with Crippen LogP contribution in [0.25, 0.3) is 0 Å². The number of methoxy groups -OCH3 is 2. The second-order valence-corrected chi connectivity index (χ2v) is 9.59. The zero-order valence-corrected chi connectivity index (χ0v) is 20.5. The van der Waals surface area contributed by atoms with Crippen LogP contribution in [0.2, 0.25) is 5.02 Å². The predicted octanol–water partition coefficient (Wildman–Crippen LogP) is 3.57. The maximum absolute atomic E-state index is 14.3. The quantitative estimate of drug-likeness (QED) is 0.623. The zero-order valence-electron chi connectivity index (χ0n) is 19.7. The maximum atomic E-state index is 14.3. The molecule has 3 unspecified atom stereocenters. The number of carbonyl (C=O) groups excluding carboxylic acids is 3. The van der Waals surface area contributed by atoms with Crippen LogP contribution in [-0.4, -0.2) is 44.1 Å². The second kappa shape index (κ2) is 7.89. The minimum atomic E-state index is -1.85. The molecule has 0 saturated carbocycles. The van der Waals surface area contributed by atoms with Gasteiger partial charge in [0.15, 0.2) is 17.2 Å². The van der Waals surface area contributed by atoms with Crippen LogP contribution in [0.4, 0.5) is 0 Å². The highest BCUT2D eigenvalue weighted by Gasteiger charge is 2.63. The summed E-state index contributed by atoms with van der Waals surface area (Å²) in [5, 5.41) is 2.94. The van der Waals surface area contributed by atoms with Gasteiger partial charge in [-0.2, -0.15) is 0 Å². The lowest BCUT2D eigenvalue weighted by Gasteiger charge is -2.41. The van der Waals surface area contributed by atoms with Gasteiger partial charge < -0.3 is 29.0 Å². The van der Waals surface area contributed by atoms with Crippen molar-refractivity contribution < 1.29 is 38.1 Å². The Labute approximate surface area is 211 Å². The molecular formula is C26H22ClNO8. The molecule has 1 spiro atoms. The van der Waals surface area contributed by atoms with Crippen molar-refractivity contribution in [3.63, 3.8) is 0 Å². The molecule has 0 saturated heterocycles. The Balaban J connectivity index is 1.49. The summed E-state index contributed by atoms with van der Waals surface area (Å²) < 4.78 is 27.9. The summed E-state index contributed by atoms with van der Waals surface area (Å²) in [7, 11) is 2.85. The van der Waals surface area contributed by atoms with Crippen molar-refractivity contribution in [3.8, 4) is 28.7 Å². The number of ketones is 2. The van der Waals surface area contributed by atoms with Crippen molar-refractivity contribution >= 4 is 29.1 Å². The fraction of sp³-hybridized carbons (Fsp3) is 0.346. The number of ether oxygens (including phenoxy) is 5. The van der Waals surface area contributed by atoms with E-state index in [1.54, 1.807) is 25.1 Å². The van der Waals surface area contributed by atoms with Crippen LogP contribution < -0.4 is 29.0 Å². The average molecular weight is 512 g/mol. The number of amides is 1. The van der Waals surface area contributed by atoms with E-state index in [2.05, 4.69) is 5.32 Å². The fourth-order valence-corrected chi connectivity index (χ4v) is 5.87. The summed E-state index contributed by atoms with van der Waals surface area (Å²) in [5.41, 5.74) is -0.192. The molecule has 0 bridgehead atoms. The Morgan fingerprint density at radius 3 is 2.50 bits per heavy atom. The van der Waals surface area contributed by atoms with Crippen LogP contribution in [0, 0.1) is 5.92 Å². The molecule has 1 N–H and O–H groups in total. The molecule has 2 aromatic carbocycles. The highest BCUT2D eigenvalue weighted by Crippen LogP contribution is 2.55. The number of hydrogen-bond donors (Lipinski definition) is 1. The molecule has 0 fully saturated rings. The number of benzene rings is 2. The van der Waals surface area contributed by atoms with E-state index in [9.17, 15) is 14.4 Å². The van der Waals surface area contributed by atoms with Crippen LogP contribution in [0.1, 0.15) is 41.6 Å². The standard InChI is InChI=1S/C26H22ClNO8/c1-11-6-14-20(13(8-19(29)28-14)12-4-5-15-16(7-12)35-10-34-15)24(30)26(11)25(31)21-17(32-2)9-18(33-3)22(27)23(21)36-26/h4-5,7,9,11,13H,6,8,10H2,1-3H3,(H,28,29). The summed E-state index contributed by atoms with van der Waals surface area (Å²) in [5.74, 6) is -0.761. The van der Waals surface area contributed by atoms with E-state index in [1.807, 2.05) is 0 Å². The summed E-state index contributed by atoms with van der Waals surface area (Å²) in [6.45, 7) is 1.85. The molecular weight excluding hydrogens is 490 g/mol. The Bertz CT molecular complexity index is 1400. The van der Waals surface area contributed by atoms with E-state index < -0.39 is 29.0 Å². The molecule has 3 aliphatic heterocycles. The van der Waals surface area contributed by atoms with Crippen molar-refractivity contribution in [1.82, 2.24) is 5.32 Å². The van der Waals surface area contributed by atoms with Crippen LogP contribution in [-0.2, 0) is 9.59 Å². The first kappa shape index (κ1) is 22.7. The van der Waals surface area contributed by atoms with Gasteiger partial charge in [-0.05, 0) is 24.1 Å². The van der Waals surface area contributed by atoms with E-state index in [-0.39, 0.29) is 53.4 Å². The lowest BCUT2D eigenvalue weighted by molar-refractivity contribution is -0.131. The average Bonchev–Trinajstić information content (AvgIpc) is 3.46.